The summed E-state index contributed by atoms with van der Waals surface area (Å²) in [5.74, 6) is 0.884. The standard InChI is InChI=1S/C15H13BrN4O2.C2H6OS/c1-7-12-13(8-3-4-11(21-2)10(16)5-8)9(6-17)14(18)22-15(12)20-19-7;1-4(2)3/h3-5,13H,18H2,1-2H3,(H,19,20);1-2H3/t13-;/m0./s1. The molecule has 0 fully saturated rings. The highest BCUT2D eigenvalue weighted by atomic mass is 79.9. The van der Waals surface area contributed by atoms with E-state index in [0.29, 0.717) is 11.5 Å². The van der Waals surface area contributed by atoms with E-state index in [2.05, 4.69) is 32.2 Å². The quantitative estimate of drug-likeness (QED) is 0.744. The second-order valence-electron chi connectivity index (χ2n) is 5.63. The van der Waals surface area contributed by atoms with E-state index in [1.54, 1.807) is 19.6 Å². The number of nitrogens with two attached hydrogens (primary N) is 1. The predicted octanol–water partition coefficient (Wildman–Crippen LogP) is 2.70. The lowest BCUT2D eigenvalue weighted by Gasteiger charge is -2.24. The largest absolute Gasteiger partial charge is 0.496 e. The average Bonchev–Trinajstić information content (AvgIpc) is 2.93. The fraction of sp³-hybridized carbons (Fsp3) is 0.294. The molecular weight excluding hydrogens is 420 g/mol. The number of rotatable bonds is 2. The van der Waals surface area contributed by atoms with Gasteiger partial charge in [-0.1, -0.05) is 6.07 Å². The second kappa shape index (κ2) is 8.38. The van der Waals surface area contributed by atoms with Gasteiger partial charge in [-0.25, -0.2) is 0 Å². The van der Waals surface area contributed by atoms with Gasteiger partial charge in [0.05, 0.1) is 17.5 Å². The molecule has 7 nitrogen and oxygen atoms in total. The van der Waals surface area contributed by atoms with E-state index in [1.807, 2.05) is 25.1 Å². The van der Waals surface area contributed by atoms with Crippen LogP contribution in [0.25, 0.3) is 0 Å². The molecule has 3 N–H and O–H groups in total. The number of aryl methyl sites for hydroxylation is 1. The van der Waals surface area contributed by atoms with E-state index in [4.69, 9.17) is 15.2 Å². The Morgan fingerprint density at radius 2 is 2.12 bits per heavy atom. The van der Waals surface area contributed by atoms with Crippen LogP contribution in [0.1, 0.15) is 22.7 Å². The molecule has 138 valence electrons. The first-order valence-corrected chi connectivity index (χ1v) is 10.3. The number of hydrogen-bond donors (Lipinski definition) is 2. The number of allylic oxidation sites excluding steroid dienone is 1. The van der Waals surface area contributed by atoms with Crippen molar-refractivity contribution in [2.45, 2.75) is 12.8 Å². The average molecular weight is 439 g/mol. The fourth-order valence-electron chi connectivity index (χ4n) is 2.59. The monoisotopic (exact) mass is 438 g/mol. The van der Waals surface area contributed by atoms with Gasteiger partial charge in [-0.3, -0.25) is 9.31 Å². The lowest BCUT2D eigenvalue weighted by atomic mass is 9.84. The van der Waals surface area contributed by atoms with E-state index < -0.39 is 10.8 Å². The van der Waals surface area contributed by atoms with Crippen molar-refractivity contribution in [3.63, 3.8) is 0 Å². The van der Waals surface area contributed by atoms with Crippen molar-refractivity contribution in [2.24, 2.45) is 5.73 Å². The first-order chi connectivity index (χ1) is 12.3. The van der Waals surface area contributed by atoms with Gasteiger partial charge in [0.1, 0.15) is 17.4 Å². The number of benzene rings is 1. The molecule has 0 unspecified atom stereocenters. The van der Waals surface area contributed by atoms with Crippen molar-refractivity contribution in [3.8, 4) is 17.7 Å². The van der Waals surface area contributed by atoms with Crippen LogP contribution in [-0.2, 0) is 10.8 Å². The van der Waals surface area contributed by atoms with Gasteiger partial charge in [0, 0.05) is 34.6 Å². The number of nitrogens with zero attached hydrogens (tertiary/aromatic N) is 2. The molecule has 1 atom stereocenters. The Morgan fingerprint density at radius 1 is 1.46 bits per heavy atom. The van der Waals surface area contributed by atoms with Gasteiger partial charge in [0.25, 0.3) is 0 Å². The smallest absolute Gasteiger partial charge is 0.244 e. The van der Waals surface area contributed by atoms with Gasteiger partial charge in [-0.2, -0.15) is 5.26 Å². The van der Waals surface area contributed by atoms with Crippen molar-refractivity contribution < 1.29 is 13.7 Å². The van der Waals surface area contributed by atoms with Crippen molar-refractivity contribution in [3.05, 3.63) is 50.9 Å². The van der Waals surface area contributed by atoms with Crippen LogP contribution in [0.5, 0.6) is 11.6 Å². The molecule has 1 aliphatic heterocycles. The van der Waals surface area contributed by atoms with Gasteiger partial charge >= 0.3 is 0 Å². The Hall–Kier alpha value is -2.31. The summed E-state index contributed by atoms with van der Waals surface area (Å²) < 4.78 is 21.0. The van der Waals surface area contributed by atoms with E-state index in [9.17, 15) is 9.47 Å². The highest BCUT2D eigenvalue weighted by molar-refractivity contribution is 9.10. The number of methoxy groups -OCH3 is 1. The third-order valence-corrected chi connectivity index (χ3v) is 4.26. The first-order valence-electron chi connectivity index (χ1n) is 7.51. The van der Waals surface area contributed by atoms with E-state index in [0.717, 1.165) is 27.0 Å². The summed E-state index contributed by atoms with van der Waals surface area (Å²) in [6.45, 7) is 1.89. The molecule has 0 saturated carbocycles. The summed E-state index contributed by atoms with van der Waals surface area (Å²) in [5, 5.41) is 16.5. The van der Waals surface area contributed by atoms with Crippen molar-refractivity contribution in [2.75, 3.05) is 19.6 Å². The molecule has 0 bridgehead atoms. The van der Waals surface area contributed by atoms with Crippen molar-refractivity contribution in [1.82, 2.24) is 10.2 Å². The zero-order valence-corrected chi connectivity index (χ0v) is 17.2. The summed E-state index contributed by atoms with van der Waals surface area (Å²) in [6, 6.07) is 7.81. The van der Waals surface area contributed by atoms with Gasteiger partial charge in [0.2, 0.25) is 11.8 Å². The summed E-state index contributed by atoms with van der Waals surface area (Å²) in [4.78, 5) is 0. The van der Waals surface area contributed by atoms with Crippen LogP contribution in [0.4, 0.5) is 0 Å². The molecule has 0 amide bonds. The summed E-state index contributed by atoms with van der Waals surface area (Å²) in [5.41, 5.74) is 8.82. The highest BCUT2D eigenvalue weighted by Gasteiger charge is 2.34. The van der Waals surface area contributed by atoms with Crippen molar-refractivity contribution in [1.29, 1.82) is 5.26 Å². The lowest BCUT2D eigenvalue weighted by molar-refractivity contribution is 0.378. The Bertz CT molecular complexity index is 913. The number of halogens is 1. The molecule has 3 rings (SSSR count). The summed E-state index contributed by atoms with van der Waals surface area (Å²) >= 11 is 3.47. The molecule has 2 aromatic rings. The minimum atomic E-state index is -0.611. The molecule has 1 aromatic heterocycles. The third kappa shape index (κ3) is 4.08. The molecule has 0 saturated heterocycles. The third-order valence-electron chi connectivity index (χ3n) is 3.64. The van der Waals surface area contributed by atoms with Crippen LogP contribution in [-0.4, -0.2) is 34.0 Å². The molecule has 2 heterocycles. The number of hydrogen-bond acceptors (Lipinski definition) is 6. The maximum absolute atomic E-state index is 9.56. The Balaban J connectivity index is 0.000000552. The maximum atomic E-state index is 9.56. The van der Waals surface area contributed by atoms with E-state index in [-0.39, 0.29) is 11.8 Å². The van der Waals surface area contributed by atoms with Gasteiger partial charge in [-0.05, 0) is 40.5 Å². The van der Waals surface area contributed by atoms with Crippen LogP contribution in [0, 0.1) is 18.3 Å². The number of nitrogens with one attached hydrogen (secondary N) is 1. The zero-order valence-electron chi connectivity index (χ0n) is 14.8. The molecule has 1 aromatic carbocycles. The molecule has 0 spiro atoms. The van der Waals surface area contributed by atoms with Crippen LogP contribution >= 0.6 is 15.9 Å². The number of aromatic nitrogens is 2. The maximum Gasteiger partial charge on any atom is 0.244 e. The Labute approximate surface area is 162 Å². The van der Waals surface area contributed by atoms with E-state index in [1.165, 1.54) is 0 Å². The normalized spacial score (nSPS) is 15.5. The van der Waals surface area contributed by atoms with E-state index >= 15 is 0 Å². The predicted molar refractivity (Wildman–Crippen MR) is 103 cm³/mol. The SMILES string of the molecule is COc1ccc([C@H]2C(C#N)=C(N)Oc3n[nH]c(C)c32)cc1Br.CS(C)=O. The summed E-state index contributed by atoms with van der Waals surface area (Å²) in [7, 11) is 0.991. The number of fused-ring (bicyclic) bond motifs is 1. The summed E-state index contributed by atoms with van der Waals surface area (Å²) in [6.07, 6.45) is 3.28. The molecule has 9 heteroatoms. The zero-order chi connectivity index (χ0) is 19.4. The number of nitriles is 1. The Kier molecular flexibility index (Phi) is 6.45. The topological polar surface area (TPSA) is 114 Å². The van der Waals surface area contributed by atoms with Gasteiger partial charge in [-0.15, -0.1) is 5.10 Å². The molecule has 26 heavy (non-hydrogen) atoms. The van der Waals surface area contributed by atoms with Gasteiger partial charge < -0.3 is 15.2 Å². The van der Waals surface area contributed by atoms with Gasteiger partial charge in [0.15, 0.2) is 0 Å². The number of H-pyrrole nitrogens is 1. The molecular formula is C17H19BrN4O3S. The fourth-order valence-corrected chi connectivity index (χ4v) is 3.15. The number of aromatic amines is 1. The van der Waals surface area contributed by atoms with Crippen LogP contribution in [0.2, 0.25) is 0 Å². The first kappa shape index (κ1) is 20.0. The van der Waals surface area contributed by atoms with Crippen LogP contribution < -0.4 is 15.2 Å². The minimum absolute atomic E-state index is 0.0819. The van der Waals surface area contributed by atoms with Crippen molar-refractivity contribution >= 4 is 26.7 Å². The lowest BCUT2D eigenvalue weighted by Crippen LogP contribution is -2.21. The van der Waals surface area contributed by atoms with Crippen LogP contribution in [0.15, 0.2) is 34.1 Å². The number of ether oxygens (including phenoxy) is 2. The van der Waals surface area contributed by atoms with Crippen LogP contribution in [0.3, 0.4) is 0 Å². The molecule has 0 aliphatic carbocycles. The highest BCUT2D eigenvalue weighted by Crippen LogP contribution is 2.43. The molecule has 1 aliphatic rings. The molecule has 0 radical (unpaired) electrons. The second-order valence-corrected chi connectivity index (χ2v) is 7.97. The minimum Gasteiger partial charge on any atom is -0.496 e. The Morgan fingerprint density at radius 3 is 2.65 bits per heavy atom.